The number of nitrogens with zero attached hydrogens (tertiary/aromatic N) is 2. The van der Waals surface area contributed by atoms with Crippen molar-refractivity contribution in [2.24, 2.45) is 5.92 Å². The number of rotatable bonds is 6. The minimum atomic E-state index is 0.575. The van der Waals surface area contributed by atoms with Gasteiger partial charge in [-0.2, -0.15) is 0 Å². The van der Waals surface area contributed by atoms with Crippen LogP contribution in [0.2, 0.25) is 0 Å². The van der Waals surface area contributed by atoms with Gasteiger partial charge in [-0.05, 0) is 24.8 Å². The van der Waals surface area contributed by atoms with Crippen LogP contribution in [0.1, 0.15) is 32.9 Å². The van der Waals surface area contributed by atoms with Crippen LogP contribution in [0.15, 0.2) is 29.1 Å². The fraction of sp³-hybridized carbons (Fsp3) is 0.467. The number of anilines is 1. The summed E-state index contributed by atoms with van der Waals surface area (Å²) in [5.41, 5.74) is 1.99. The number of furan rings is 1. The van der Waals surface area contributed by atoms with E-state index in [1.807, 2.05) is 12.1 Å². The van der Waals surface area contributed by atoms with Crippen molar-refractivity contribution >= 4 is 5.82 Å². The van der Waals surface area contributed by atoms with E-state index in [4.69, 9.17) is 4.42 Å². The van der Waals surface area contributed by atoms with Gasteiger partial charge in [0.05, 0.1) is 11.8 Å². The van der Waals surface area contributed by atoms with Crippen molar-refractivity contribution in [1.82, 2.24) is 9.97 Å². The minimum Gasteiger partial charge on any atom is -0.472 e. The third-order valence-electron chi connectivity index (χ3n) is 2.73. The Kier molecular flexibility index (Phi) is 4.55. The molecule has 0 aliphatic heterocycles. The van der Waals surface area contributed by atoms with Crippen LogP contribution >= 0.6 is 0 Å². The fourth-order valence-electron chi connectivity index (χ4n) is 1.88. The lowest BCUT2D eigenvalue weighted by Gasteiger charge is -2.10. The van der Waals surface area contributed by atoms with Crippen LogP contribution in [0.4, 0.5) is 5.82 Å². The van der Waals surface area contributed by atoms with Gasteiger partial charge in [-0.15, -0.1) is 0 Å². The van der Waals surface area contributed by atoms with Crippen LogP contribution in [0.3, 0.4) is 0 Å². The molecule has 0 fully saturated rings. The summed E-state index contributed by atoms with van der Waals surface area (Å²) in [6, 6.07) is 3.93. The Morgan fingerprint density at radius 2 is 2.16 bits per heavy atom. The maximum absolute atomic E-state index is 5.11. The number of hydrogen-bond acceptors (Lipinski definition) is 4. The predicted molar refractivity (Wildman–Crippen MR) is 77.1 cm³/mol. The van der Waals surface area contributed by atoms with E-state index in [1.165, 1.54) is 0 Å². The first kappa shape index (κ1) is 13.6. The zero-order valence-corrected chi connectivity index (χ0v) is 11.8. The van der Waals surface area contributed by atoms with Crippen molar-refractivity contribution in [3.8, 4) is 11.4 Å². The molecule has 4 heteroatoms. The third kappa shape index (κ3) is 3.81. The topological polar surface area (TPSA) is 51.0 Å². The molecule has 2 heterocycles. The Hall–Kier alpha value is -1.84. The highest BCUT2D eigenvalue weighted by molar-refractivity contribution is 5.55. The van der Waals surface area contributed by atoms with Gasteiger partial charge in [-0.1, -0.05) is 20.8 Å². The standard InChI is InChI=1S/C15H21N3O/c1-4-6-16-14-9-13(8-11(2)3)17-15(18-14)12-5-7-19-10-12/h5,7,9-11H,4,6,8H2,1-3H3,(H,16,17,18). The number of hydrogen-bond donors (Lipinski definition) is 1. The molecule has 2 aromatic heterocycles. The highest BCUT2D eigenvalue weighted by Gasteiger charge is 2.09. The lowest BCUT2D eigenvalue weighted by molar-refractivity contribution is 0.568. The van der Waals surface area contributed by atoms with Gasteiger partial charge in [-0.3, -0.25) is 0 Å². The van der Waals surface area contributed by atoms with Crippen molar-refractivity contribution in [2.75, 3.05) is 11.9 Å². The van der Waals surface area contributed by atoms with Crippen LogP contribution in [-0.4, -0.2) is 16.5 Å². The summed E-state index contributed by atoms with van der Waals surface area (Å²) >= 11 is 0. The van der Waals surface area contributed by atoms with Crippen LogP contribution < -0.4 is 5.32 Å². The van der Waals surface area contributed by atoms with Crippen molar-refractivity contribution in [2.45, 2.75) is 33.6 Å². The third-order valence-corrected chi connectivity index (χ3v) is 2.73. The van der Waals surface area contributed by atoms with Crippen LogP contribution in [0.25, 0.3) is 11.4 Å². The van der Waals surface area contributed by atoms with Crippen LogP contribution in [-0.2, 0) is 6.42 Å². The van der Waals surface area contributed by atoms with Gasteiger partial charge in [0.25, 0.3) is 0 Å². The molecule has 0 radical (unpaired) electrons. The van der Waals surface area contributed by atoms with E-state index < -0.39 is 0 Å². The summed E-state index contributed by atoms with van der Waals surface area (Å²) in [5, 5.41) is 3.33. The van der Waals surface area contributed by atoms with E-state index in [1.54, 1.807) is 12.5 Å². The summed E-state index contributed by atoms with van der Waals surface area (Å²) in [6.07, 6.45) is 5.35. The first-order chi connectivity index (χ1) is 9.19. The lowest BCUT2D eigenvalue weighted by Crippen LogP contribution is -2.06. The minimum absolute atomic E-state index is 0.575. The molecule has 0 aliphatic carbocycles. The maximum Gasteiger partial charge on any atom is 0.164 e. The molecular weight excluding hydrogens is 238 g/mol. The smallest absolute Gasteiger partial charge is 0.164 e. The van der Waals surface area contributed by atoms with E-state index in [0.717, 1.165) is 42.3 Å². The van der Waals surface area contributed by atoms with Gasteiger partial charge in [0.2, 0.25) is 0 Å². The van der Waals surface area contributed by atoms with E-state index in [0.29, 0.717) is 5.92 Å². The van der Waals surface area contributed by atoms with E-state index in [-0.39, 0.29) is 0 Å². The Morgan fingerprint density at radius 3 is 2.79 bits per heavy atom. The average molecular weight is 259 g/mol. The van der Waals surface area contributed by atoms with Crippen LogP contribution in [0.5, 0.6) is 0 Å². The van der Waals surface area contributed by atoms with Gasteiger partial charge in [-0.25, -0.2) is 9.97 Å². The summed E-state index contributed by atoms with van der Waals surface area (Å²) in [6.45, 7) is 7.45. The zero-order valence-electron chi connectivity index (χ0n) is 11.8. The molecule has 0 amide bonds. The number of nitrogens with one attached hydrogen (secondary N) is 1. The molecule has 19 heavy (non-hydrogen) atoms. The SMILES string of the molecule is CCCNc1cc(CC(C)C)nc(-c2ccoc2)n1. The molecule has 0 spiro atoms. The predicted octanol–water partition coefficient (Wildman–Crippen LogP) is 3.76. The second-order valence-corrected chi connectivity index (χ2v) is 5.10. The van der Waals surface area contributed by atoms with Gasteiger partial charge < -0.3 is 9.73 Å². The Morgan fingerprint density at radius 1 is 1.32 bits per heavy atom. The van der Waals surface area contributed by atoms with Crippen molar-refractivity contribution in [1.29, 1.82) is 0 Å². The van der Waals surface area contributed by atoms with Crippen molar-refractivity contribution in [3.63, 3.8) is 0 Å². The molecule has 2 rings (SSSR count). The molecule has 2 aromatic rings. The molecule has 4 nitrogen and oxygen atoms in total. The first-order valence-electron chi connectivity index (χ1n) is 6.83. The second kappa shape index (κ2) is 6.36. The summed E-state index contributed by atoms with van der Waals surface area (Å²) < 4.78 is 5.11. The molecule has 0 saturated heterocycles. The molecule has 102 valence electrons. The average Bonchev–Trinajstić information content (AvgIpc) is 2.89. The lowest BCUT2D eigenvalue weighted by atomic mass is 10.1. The molecule has 0 unspecified atom stereocenters. The first-order valence-corrected chi connectivity index (χ1v) is 6.83. The van der Waals surface area contributed by atoms with Gasteiger partial charge in [0, 0.05) is 18.3 Å². The van der Waals surface area contributed by atoms with E-state index >= 15 is 0 Å². The monoisotopic (exact) mass is 259 g/mol. The largest absolute Gasteiger partial charge is 0.472 e. The molecular formula is C15H21N3O. The zero-order chi connectivity index (χ0) is 13.7. The summed E-state index contributed by atoms with van der Waals surface area (Å²) in [5.74, 6) is 2.19. The molecule has 0 aliphatic rings. The highest BCUT2D eigenvalue weighted by Crippen LogP contribution is 2.19. The Balaban J connectivity index is 2.31. The maximum atomic E-state index is 5.11. The summed E-state index contributed by atoms with van der Waals surface area (Å²) in [4.78, 5) is 9.15. The molecule has 1 N–H and O–H groups in total. The summed E-state index contributed by atoms with van der Waals surface area (Å²) in [7, 11) is 0. The second-order valence-electron chi connectivity index (χ2n) is 5.10. The van der Waals surface area contributed by atoms with E-state index in [2.05, 4.69) is 36.1 Å². The Bertz CT molecular complexity index is 506. The molecule has 0 aromatic carbocycles. The Labute approximate surface area is 114 Å². The van der Waals surface area contributed by atoms with Crippen LogP contribution in [0, 0.1) is 5.92 Å². The van der Waals surface area contributed by atoms with Crippen molar-refractivity contribution < 1.29 is 4.42 Å². The quantitative estimate of drug-likeness (QED) is 0.858. The van der Waals surface area contributed by atoms with Crippen molar-refractivity contribution in [3.05, 3.63) is 30.4 Å². The molecule has 0 saturated carbocycles. The normalized spacial score (nSPS) is 10.9. The number of aromatic nitrogens is 2. The molecule has 0 atom stereocenters. The van der Waals surface area contributed by atoms with Gasteiger partial charge in [0.1, 0.15) is 12.1 Å². The van der Waals surface area contributed by atoms with Gasteiger partial charge >= 0.3 is 0 Å². The van der Waals surface area contributed by atoms with E-state index in [9.17, 15) is 0 Å². The highest BCUT2D eigenvalue weighted by atomic mass is 16.3. The van der Waals surface area contributed by atoms with Gasteiger partial charge in [0.15, 0.2) is 5.82 Å². The fourth-order valence-corrected chi connectivity index (χ4v) is 1.88. The molecule has 0 bridgehead atoms.